The van der Waals surface area contributed by atoms with E-state index in [1.54, 1.807) is 0 Å². The lowest BCUT2D eigenvalue weighted by Gasteiger charge is -2.12. The second kappa shape index (κ2) is 5.63. The van der Waals surface area contributed by atoms with Crippen molar-refractivity contribution in [3.05, 3.63) is 29.8 Å². The van der Waals surface area contributed by atoms with Crippen molar-refractivity contribution in [2.75, 3.05) is 20.3 Å². The minimum absolute atomic E-state index is 0.124. The summed E-state index contributed by atoms with van der Waals surface area (Å²) in [5.74, 6) is -1.23. The highest BCUT2D eigenvalue weighted by Crippen LogP contribution is 2.15. The topological polar surface area (TPSA) is 44.5 Å². The van der Waals surface area contributed by atoms with Gasteiger partial charge in [0.1, 0.15) is 24.0 Å². The molecule has 3 nitrogen and oxygen atoms in total. The minimum atomic E-state index is -0.676. The van der Waals surface area contributed by atoms with Crippen LogP contribution in [0.25, 0.3) is 0 Å². The molecular weight excluding hydrogens is 204 g/mol. The summed E-state index contributed by atoms with van der Waals surface area (Å²) in [5, 5.41) is 0. The van der Waals surface area contributed by atoms with Gasteiger partial charge in [-0.2, -0.15) is 0 Å². The minimum Gasteiger partial charge on any atom is -0.492 e. The zero-order chi connectivity index (χ0) is 11.3. The number of methoxy groups -OCH3 is 1. The third-order valence-electron chi connectivity index (χ3n) is 1.68. The van der Waals surface area contributed by atoms with Crippen LogP contribution in [0.3, 0.4) is 0 Å². The fraction of sp³-hybridized carbons (Fsp3) is 0.400. The van der Waals surface area contributed by atoms with Crippen molar-refractivity contribution in [1.82, 2.24) is 0 Å². The van der Waals surface area contributed by atoms with Crippen LogP contribution in [0, 0.1) is 11.6 Å². The van der Waals surface area contributed by atoms with Crippen molar-refractivity contribution in [1.29, 1.82) is 0 Å². The van der Waals surface area contributed by atoms with E-state index in [-0.39, 0.29) is 18.4 Å². The lowest BCUT2D eigenvalue weighted by atomic mass is 10.3. The van der Waals surface area contributed by atoms with Crippen molar-refractivity contribution in [2.45, 2.75) is 6.04 Å². The van der Waals surface area contributed by atoms with Crippen molar-refractivity contribution in [2.24, 2.45) is 5.73 Å². The van der Waals surface area contributed by atoms with Crippen molar-refractivity contribution in [3.63, 3.8) is 0 Å². The second-order valence-electron chi connectivity index (χ2n) is 3.13. The van der Waals surface area contributed by atoms with E-state index in [1.165, 1.54) is 7.11 Å². The molecule has 0 saturated carbocycles. The van der Waals surface area contributed by atoms with Crippen molar-refractivity contribution < 1.29 is 18.3 Å². The maximum Gasteiger partial charge on any atom is 0.129 e. The molecule has 1 aromatic carbocycles. The quantitative estimate of drug-likeness (QED) is 0.808. The first-order valence-electron chi connectivity index (χ1n) is 4.45. The van der Waals surface area contributed by atoms with Gasteiger partial charge in [-0.1, -0.05) is 0 Å². The number of benzene rings is 1. The molecule has 0 radical (unpaired) electrons. The Labute approximate surface area is 86.8 Å². The van der Waals surface area contributed by atoms with Crippen LogP contribution >= 0.6 is 0 Å². The Hall–Kier alpha value is -1.20. The number of rotatable bonds is 5. The fourth-order valence-corrected chi connectivity index (χ4v) is 1.08. The van der Waals surface area contributed by atoms with E-state index in [1.807, 2.05) is 0 Å². The third-order valence-corrected chi connectivity index (χ3v) is 1.68. The zero-order valence-corrected chi connectivity index (χ0v) is 8.37. The van der Waals surface area contributed by atoms with Crippen LogP contribution in [0.15, 0.2) is 18.2 Å². The number of halogens is 2. The molecule has 15 heavy (non-hydrogen) atoms. The average Bonchev–Trinajstić information content (AvgIpc) is 2.14. The maximum atomic E-state index is 12.7. The molecular formula is C10H13F2NO2. The molecule has 0 aliphatic rings. The summed E-state index contributed by atoms with van der Waals surface area (Å²) in [7, 11) is 1.52. The zero-order valence-electron chi connectivity index (χ0n) is 8.37. The normalized spacial score (nSPS) is 12.5. The standard InChI is InChI=1S/C10H13F2NO2/c1-14-5-9(13)6-15-10-3-7(11)2-8(12)4-10/h2-4,9H,5-6,13H2,1H3. The molecule has 1 atom stereocenters. The van der Waals surface area contributed by atoms with Crippen LogP contribution in [0.5, 0.6) is 5.75 Å². The predicted molar refractivity (Wildman–Crippen MR) is 51.7 cm³/mol. The van der Waals surface area contributed by atoms with E-state index in [2.05, 4.69) is 0 Å². The van der Waals surface area contributed by atoms with Gasteiger partial charge in [-0.25, -0.2) is 8.78 Å². The summed E-state index contributed by atoms with van der Waals surface area (Å²) >= 11 is 0. The van der Waals surface area contributed by atoms with Gasteiger partial charge in [0, 0.05) is 25.3 Å². The highest BCUT2D eigenvalue weighted by molar-refractivity contribution is 5.23. The van der Waals surface area contributed by atoms with Gasteiger partial charge < -0.3 is 15.2 Å². The number of ether oxygens (including phenoxy) is 2. The first-order chi connectivity index (χ1) is 7.11. The highest BCUT2D eigenvalue weighted by Gasteiger charge is 2.05. The molecule has 1 aromatic rings. The lowest BCUT2D eigenvalue weighted by molar-refractivity contribution is 0.152. The summed E-state index contributed by atoms with van der Waals surface area (Å²) in [6.45, 7) is 0.481. The van der Waals surface area contributed by atoms with Crippen LogP contribution in [0.2, 0.25) is 0 Å². The van der Waals surface area contributed by atoms with E-state index < -0.39 is 11.6 Å². The molecule has 0 spiro atoms. The molecule has 0 saturated heterocycles. The summed E-state index contributed by atoms with van der Waals surface area (Å²) in [6.07, 6.45) is 0. The van der Waals surface area contributed by atoms with Gasteiger partial charge in [0.25, 0.3) is 0 Å². The molecule has 1 rings (SSSR count). The molecule has 2 N–H and O–H groups in total. The molecule has 0 aliphatic carbocycles. The smallest absolute Gasteiger partial charge is 0.129 e. The Kier molecular flexibility index (Phi) is 4.45. The molecule has 0 aliphatic heterocycles. The molecule has 1 unspecified atom stereocenters. The van der Waals surface area contributed by atoms with Gasteiger partial charge in [0.15, 0.2) is 0 Å². The Morgan fingerprint density at radius 2 is 1.80 bits per heavy atom. The summed E-state index contributed by atoms with van der Waals surface area (Å²) < 4.78 is 35.3. The van der Waals surface area contributed by atoms with Gasteiger partial charge in [-0.05, 0) is 0 Å². The molecule has 0 aromatic heterocycles. The van der Waals surface area contributed by atoms with Gasteiger partial charge in [0.2, 0.25) is 0 Å². The monoisotopic (exact) mass is 217 g/mol. The van der Waals surface area contributed by atoms with E-state index in [4.69, 9.17) is 15.2 Å². The first-order valence-corrected chi connectivity index (χ1v) is 4.45. The van der Waals surface area contributed by atoms with Crippen LogP contribution in [-0.4, -0.2) is 26.4 Å². The third kappa shape index (κ3) is 4.22. The van der Waals surface area contributed by atoms with E-state index in [9.17, 15) is 8.78 Å². The summed E-state index contributed by atoms with van der Waals surface area (Å²) in [4.78, 5) is 0. The molecule has 0 bridgehead atoms. The molecule has 5 heteroatoms. The number of hydrogen-bond acceptors (Lipinski definition) is 3. The van der Waals surface area contributed by atoms with Gasteiger partial charge in [-0.3, -0.25) is 0 Å². The molecule has 0 amide bonds. The SMILES string of the molecule is COCC(N)COc1cc(F)cc(F)c1. The Bertz CT molecular complexity index is 300. The predicted octanol–water partition coefficient (Wildman–Crippen LogP) is 1.32. The van der Waals surface area contributed by atoms with Crippen LogP contribution in [0.4, 0.5) is 8.78 Å². The van der Waals surface area contributed by atoms with Crippen LogP contribution < -0.4 is 10.5 Å². The van der Waals surface area contributed by atoms with Crippen molar-refractivity contribution in [3.8, 4) is 5.75 Å². The molecule has 0 heterocycles. The van der Waals surface area contributed by atoms with Gasteiger partial charge in [0.05, 0.1) is 12.6 Å². The van der Waals surface area contributed by atoms with Crippen molar-refractivity contribution >= 4 is 0 Å². The largest absolute Gasteiger partial charge is 0.492 e. The molecule has 0 fully saturated rings. The first kappa shape index (κ1) is 11.9. The highest BCUT2D eigenvalue weighted by atomic mass is 19.1. The Morgan fingerprint density at radius 1 is 1.20 bits per heavy atom. The lowest BCUT2D eigenvalue weighted by Crippen LogP contribution is -2.32. The second-order valence-corrected chi connectivity index (χ2v) is 3.13. The van der Waals surface area contributed by atoms with Crippen LogP contribution in [-0.2, 0) is 4.74 Å². The Balaban J connectivity index is 2.50. The maximum absolute atomic E-state index is 12.7. The van der Waals surface area contributed by atoms with Gasteiger partial charge in [-0.15, -0.1) is 0 Å². The fourth-order valence-electron chi connectivity index (χ4n) is 1.08. The number of nitrogens with two attached hydrogens (primary N) is 1. The van der Waals surface area contributed by atoms with E-state index in [0.717, 1.165) is 18.2 Å². The van der Waals surface area contributed by atoms with Crippen LogP contribution in [0.1, 0.15) is 0 Å². The Morgan fingerprint density at radius 3 is 2.33 bits per heavy atom. The van der Waals surface area contributed by atoms with Gasteiger partial charge >= 0.3 is 0 Å². The summed E-state index contributed by atoms with van der Waals surface area (Å²) in [5.41, 5.74) is 5.57. The van der Waals surface area contributed by atoms with E-state index in [0.29, 0.717) is 6.61 Å². The average molecular weight is 217 g/mol. The molecule has 84 valence electrons. The van der Waals surface area contributed by atoms with E-state index >= 15 is 0 Å². The summed E-state index contributed by atoms with van der Waals surface area (Å²) in [6, 6.07) is 2.66. The number of hydrogen-bond donors (Lipinski definition) is 1.